The van der Waals surface area contributed by atoms with Crippen molar-refractivity contribution in [1.82, 2.24) is 5.32 Å². The highest BCUT2D eigenvalue weighted by atomic mass is 16.3. The van der Waals surface area contributed by atoms with Crippen LogP contribution in [-0.2, 0) is 6.42 Å². The molecule has 0 radical (unpaired) electrons. The van der Waals surface area contributed by atoms with Gasteiger partial charge in [0.05, 0.1) is 5.57 Å². The number of nitriles is 1. The normalized spacial score (nSPS) is 10.9. The van der Waals surface area contributed by atoms with E-state index in [0.717, 1.165) is 12.8 Å². The van der Waals surface area contributed by atoms with Crippen LogP contribution < -0.4 is 5.32 Å². The van der Waals surface area contributed by atoms with Crippen LogP contribution in [0.1, 0.15) is 17.5 Å². The second-order valence-corrected chi connectivity index (χ2v) is 5.41. The van der Waals surface area contributed by atoms with Crippen molar-refractivity contribution in [2.45, 2.75) is 12.8 Å². The average molecular weight is 320 g/mol. The van der Waals surface area contributed by atoms with Crippen molar-refractivity contribution >= 4 is 6.08 Å². The molecule has 0 aliphatic carbocycles. The fraction of sp³-hybridized carbons (Fsp3) is 0.150. The number of phenols is 2. The van der Waals surface area contributed by atoms with Crippen molar-refractivity contribution in [2.24, 2.45) is 0 Å². The van der Waals surface area contributed by atoms with Crippen LogP contribution >= 0.6 is 0 Å². The molecule has 2 aromatic rings. The first-order valence-electron chi connectivity index (χ1n) is 7.71. The van der Waals surface area contributed by atoms with E-state index in [1.807, 2.05) is 18.2 Å². The number of nitrogens with one attached hydrogen (secondary N) is 1. The summed E-state index contributed by atoms with van der Waals surface area (Å²) >= 11 is 0. The summed E-state index contributed by atoms with van der Waals surface area (Å²) in [6.07, 6.45) is 3.51. The van der Waals surface area contributed by atoms with E-state index in [-0.39, 0.29) is 11.5 Å². The van der Waals surface area contributed by atoms with E-state index in [1.165, 1.54) is 17.7 Å². The number of nitrogens with zero attached hydrogens (tertiary/aromatic N) is 1. The Bertz CT molecular complexity index is 774. The van der Waals surface area contributed by atoms with Crippen molar-refractivity contribution in [1.29, 1.82) is 5.26 Å². The third-order valence-corrected chi connectivity index (χ3v) is 3.58. The van der Waals surface area contributed by atoms with E-state index >= 15 is 0 Å². The van der Waals surface area contributed by atoms with Crippen molar-refractivity contribution in [3.05, 3.63) is 77.5 Å². The predicted octanol–water partition coefficient (Wildman–Crippen LogP) is 3.74. The Morgan fingerprint density at radius 1 is 1.12 bits per heavy atom. The Hall–Kier alpha value is -3.19. The van der Waals surface area contributed by atoms with Crippen LogP contribution in [0, 0.1) is 11.3 Å². The fourth-order valence-corrected chi connectivity index (χ4v) is 2.26. The van der Waals surface area contributed by atoms with Crippen LogP contribution in [-0.4, -0.2) is 16.8 Å². The highest BCUT2D eigenvalue weighted by molar-refractivity contribution is 5.64. The van der Waals surface area contributed by atoms with Gasteiger partial charge in [-0.15, -0.1) is 0 Å². The molecule has 0 saturated heterocycles. The topological polar surface area (TPSA) is 76.3 Å². The number of rotatable bonds is 7. The first-order chi connectivity index (χ1) is 11.6. The monoisotopic (exact) mass is 320 g/mol. The summed E-state index contributed by atoms with van der Waals surface area (Å²) in [4.78, 5) is 0. The number of aryl methyl sites for hydroxylation is 1. The lowest BCUT2D eigenvalue weighted by molar-refractivity contribution is 0.403. The zero-order valence-corrected chi connectivity index (χ0v) is 13.4. The molecule has 0 atom stereocenters. The zero-order chi connectivity index (χ0) is 17.4. The van der Waals surface area contributed by atoms with Crippen LogP contribution in [0.5, 0.6) is 11.5 Å². The molecule has 0 amide bonds. The van der Waals surface area contributed by atoms with Crippen molar-refractivity contribution in [3.8, 4) is 17.6 Å². The van der Waals surface area contributed by atoms with Crippen LogP contribution in [0.3, 0.4) is 0 Å². The minimum absolute atomic E-state index is 0.191. The zero-order valence-electron chi connectivity index (χ0n) is 13.4. The lowest BCUT2D eigenvalue weighted by atomic mass is 10.1. The number of benzene rings is 2. The van der Waals surface area contributed by atoms with Crippen LogP contribution in [0.25, 0.3) is 6.08 Å². The maximum Gasteiger partial charge on any atom is 0.157 e. The third kappa shape index (κ3) is 4.92. The van der Waals surface area contributed by atoms with Gasteiger partial charge in [-0.1, -0.05) is 43.0 Å². The summed E-state index contributed by atoms with van der Waals surface area (Å²) in [5, 5.41) is 31.3. The second-order valence-electron chi connectivity index (χ2n) is 5.41. The summed E-state index contributed by atoms with van der Waals surface area (Å²) < 4.78 is 0. The van der Waals surface area contributed by atoms with E-state index in [2.05, 4.69) is 30.1 Å². The minimum Gasteiger partial charge on any atom is -0.504 e. The van der Waals surface area contributed by atoms with Gasteiger partial charge in [0.25, 0.3) is 0 Å². The van der Waals surface area contributed by atoms with E-state index in [9.17, 15) is 15.5 Å². The predicted molar refractivity (Wildman–Crippen MR) is 95.3 cm³/mol. The molecule has 3 N–H and O–H groups in total. The fourth-order valence-electron chi connectivity index (χ4n) is 2.26. The molecule has 0 aliphatic heterocycles. The van der Waals surface area contributed by atoms with E-state index in [0.29, 0.717) is 23.4 Å². The van der Waals surface area contributed by atoms with Gasteiger partial charge >= 0.3 is 0 Å². The molecular weight excluding hydrogens is 300 g/mol. The summed E-state index contributed by atoms with van der Waals surface area (Å²) in [7, 11) is 0. The molecule has 24 heavy (non-hydrogen) atoms. The molecule has 0 bridgehead atoms. The molecule has 4 heteroatoms. The lowest BCUT2D eigenvalue weighted by Crippen LogP contribution is -2.15. The van der Waals surface area contributed by atoms with Gasteiger partial charge in [0.1, 0.15) is 6.07 Å². The number of allylic oxidation sites excluding steroid dienone is 1. The molecule has 4 nitrogen and oxygen atoms in total. The Morgan fingerprint density at radius 3 is 2.54 bits per heavy atom. The van der Waals surface area contributed by atoms with Gasteiger partial charge in [0, 0.05) is 12.2 Å². The summed E-state index contributed by atoms with van der Waals surface area (Å²) in [5.74, 6) is -0.411. The smallest absolute Gasteiger partial charge is 0.157 e. The number of aromatic hydroxyl groups is 2. The highest BCUT2D eigenvalue weighted by Gasteiger charge is 2.04. The van der Waals surface area contributed by atoms with Gasteiger partial charge in [0.15, 0.2) is 11.5 Å². The quantitative estimate of drug-likeness (QED) is 0.314. The van der Waals surface area contributed by atoms with E-state index < -0.39 is 0 Å². The summed E-state index contributed by atoms with van der Waals surface area (Å²) in [6.45, 7) is 4.61. The van der Waals surface area contributed by atoms with Gasteiger partial charge in [-0.2, -0.15) is 5.26 Å². The van der Waals surface area contributed by atoms with Gasteiger partial charge in [-0.05, 0) is 42.2 Å². The molecule has 0 spiro atoms. The highest BCUT2D eigenvalue weighted by Crippen LogP contribution is 2.26. The Balaban J connectivity index is 1.90. The number of hydrogen-bond acceptors (Lipinski definition) is 4. The Labute approximate surface area is 142 Å². The maximum absolute atomic E-state index is 9.51. The largest absolute Gasteiger partial charge is 0.504 e. The first-order valence-corrected chi connectivity index (χ1v) is 7.71. The molecule has 0 fully saturated rings. The molecule has 122 valence electrons. The molecule has 0 heterocycles. The number of hydrogen-bond donors (Lipinski definition) is 3. The lowest BCUT2D eigenvalue weighted by Gasteiger charge is -2.09. The molecule has 0 aromatic heterocycles. The van der Waals surface area contributed by atoms with Crippen molar-refractivity contribution in [3.63, 3.8) is 0 Å². The van der Waals surface area contributed by atoms with E-state index in [1.54, 1.807) is 12.1 Å². The van der Waals surface area contributed by atoms with Gasteiger partial charge in [0.2, 0.25) is 0 Å². The van der Waals surface area contributed by atoms with Gasteiger partial charge in [-0.25, -0.2) is 0 Å². The SMILES string of the molecule is C=C(NCCCc1ccccc1)/C(C#N)=C/c1ccc(O)c(O)c1. The summed E-state index contributed by atoms with van der Waals surface area (Å²) in [6, 6.07) is 16.7. The molecule has 0 unspecified atom stereocenters. The van der Waals surface area contributed by atoms with Crippen LogP contribution in [0.15, 0.2) is 66.4 Å². The molecule has 2 rings (SSSR count). The standard InChI is InChI=1S/C20H20N2O2/c1-15(22-11-5-8-16-6-3-2-4-7-16)18(14-21)12-17-9-10-19(23)20(24)13-17/h2-4,6-7,9-10,12-13,22-24H,1,5,8,11H2/b18-12+. The average Bonchev–Trinajstić information content (AvgIpc) is 2.60. The molecular formula is C20H20N2O2. The van der Waals surface area contributed by atoms with Crippen LogP contribution in [0.2, 0.25) is 0 Å². The van der Waals surface area contributed by atoms with Gasteiger partial charge in [-0.3, -0.25) is 0 Å². The van der Waals surface area contributed by atoms with Crippen LogP contribution in [0.4, 0.5) is 0 Å². The minimum atomic E-state index is -0.220. The van der Waals surface area contributed by atoms with E-state index in [4.69, 9.17) is 0 Å². The third-order valence-electron chi connectivity index (χ3n) is 3.58. The summed E-state index contributed by atoms with van der Waals surface area (Å²) in [5.41, 5.74) is 2.83. The maximum atomic E-state index is 9.51. The Morgan fingerprint density at radius 2 is 1.88 bits per heavy atom. The number of phenolic OH excluding ortho intramolecular Hbond substituents is 2. The Kier molecular flexibility index (Phi) is 6.04. The van der Waals surface area contributed by atoms with Crippen molar-refractivity contribution in [2.75, 3.05) is 6.54 Å². The van der Waals surface area contributed by atoms with Gasteiger partial charge < -0.3 is 15.5 Å². The molecule has 2 aromatic carbocycles. The first kappa shape index (κ1) is 17.2. The second kappa shape index (κ2) is 8.44. The molecule has 0 saturated carbocycles. The van der Waals surface area contributed by atoms with Crippen molar-refractivity contribution < 1.29 is 10.2 Å². The molecule has 0 aliphatic rings.